The van der Waals surface area contributed by atoms with Gasteiger partial charge in [0.1, 0.15) is 13.0 Å². The highest BCUT2D eigenvalue weighted by Gasteiger charge is 2.12. The summed E-state index contributed by atoms with van der Waals surface area (Å²) in [6, 6.07) is 7.41. The molecule has 0 radical (unpaired) electrons. The Morgan fingerprint density at radius 3 is 2.83 bits per heavy atom. The zero-order valence-corrected chi connectivity index (χ0v) is 13.5. The highest BCUT2D eigenvalue weighted by atomic mass is 16.5. The van der Waals surface area contributed by atoms with Gasteiger partial charge in [-0.05, 0) is 43.6 Å². The van der Waals surface area contributed by atoms with E-state index in [4.69, 9.17) is 14.7 Å². The van der Waals surface area contributed by atoms with Crippen LogP contribution < -0.4 is 14.8 Å². The summed E-state index contributed by atoms with van der Waals surface area (Å²) in [6.45, 7) is 4.23. The molecular weight excluding hydrogens is 294 g/mol. The van der Waals surface area contributed by atoms with E-state index < -0.39 is 0 Å². The Morgan fingerprint density at radius 1 is 1.35 bits per heavy atom. The van der Waals surface area contributed by atoms with Crippen molar-refractivity contribution in [1.82, 2.24) is 10.2 Å². The van der Waals surface area contributed by atoms with Gasteiger partial charge >= 0.3 is 0 Å². The summed E-state index contributed by atoms with van der Waals surface area (Å²) in [5.74, 6) is 1.08. The number of ether oxygens (including phenoxy) is 2. The minimum absolute atomic E-state index is 0.130. The monoisotopic (exact) mass is 317 g/mol. The van der Waals surface area contributed by atoms with Crippen LogP contribution in [0.5, 0.6) is 11.5 Å². The molecular formula is C17H23N3O3. The Labute approximate surface area is 137 Å². The van der Waals surface area contributed by atoms with Crippen molar-refractivity contribution in [2.45, 2.75) is 25.8 Å². The number of benzene rings is 1. The molecule has 6 heteroatoms. The highest BCUT2D eigenvalue weighted by Crippen LogP contribution is 2.28. The van der Waals surface area contributed by atoms with Gasteiger partial charge in [-0.2, -0.15) is 5.26 Å². The quantitative estimate of drug-likeness (QED) is 0.790. The van der Waals surface area contributed by atoms with Crippen molar-refractivity contribution >= 4 is 5.91 Å². The van der Waals surface area contributed by atoms with Crippen LogP contribution in [0.2, 0.25) is 0 Å². The molecule has 0 saturated carbocycles. The lowest BCUT2D eigenvalue weighted by Crippen LogP contribution is -2.25. The number of nitrogens with zero attached hydrogens (tertiary/aromatic N) is 2. The number of hydrogen-bond acceptors (Lipinski definition) is 5. The first-order valence-electron chi connectivity index (χ1n) is 7.88. The smallest absolute Gasteiger partial charge is 0.234 e. The van der Waals surface area contributed by atoms with Crippen LogP contribution in [0.3, 0.4) is 0 Å². The molecule has 0 atom stereocenters. The van der Waals surface area contributed by atoms with E-state index in [1.807, 2.05) is 24.3 Å². The summed E-state index contributed by atoms with van der Waals surface area (Å²) in [5.41, 5.74) is 0.903. The van der Waals surface area contributed by atoms with E-state index in [0.29, 0.717) is 24.7 Å². The lowest BCUT2D eigenvalue weighted by Gasteiger charge is -2.16. The van der Waals surface area contributed by atoms with Crippen molar-refractivity contribution in [1.29, 1.82) is 5.26 Å². The Bertz CT molecular complexity index is 563. The number of nitriles is 1. The lowest BCUT2D eigenvalue weighted by molar-refractivity contribution is -0.120. The summed E-state index contributed by atoms with van der Waals surface area (Å²) in [7, 11) is 1.60. The minimum Gasteiger partial charge on any atom is -0.493 e. The standard InChI is InChI=1S/C17H23N3O3/c1-22-16-12-14(13-19-17(21)6-7-18)4-5-15(16)23-11-10-20-8-2-3-9-20/h4-5,12H,2-3,6,8-11,13H2,1H3,(H,19,21). The molecule has 1 aliphatic rings. The van der Waals surface area contributed by atoms with Crippen LogP contribution in [0.1, 0.15) is 24.8 Å². The predicted octanol–water partition coefficient (Wildman–Crippen LogP) is 1.70. The van der Waals surface area contributed by atoms with Gasteiger partial charge in [0.25, 0.3) is 0 Å². The molecule has 1 saturated heterocycles. The Kier molecular flexibility index (Phi) is 6.70. The van der Waals surface area contributed by atoms with Crippen LogP contribution in [-0.2, 0) is 11.3 Å². The third-order valence-electron chi connectivity index (χ3n) is 3.82. The summed E-state index contributed by atoms with van der Waals surface area (Å²) < 4.78 is 11.2. The van der Waals surface area contributed by atoms with E-state index in [9.17, 15) is 4.79 Å². The average molecular weight is 317 g/mol. The fraction of sp³-hybridized carbons (Fsp3) is 0.529. The molecule has 0 aliphatic carbocycles. The minimum atomic E-state index is -0.280. The topological polar surface area (TPSA) is 74.6 Å². The van der Waals surface area contributed by atoms with Crippen molar-refractivity contribution in [2.24, 2.45) is 0 Å². The second-order valence-corrected chi connectivity index (χ2v) is 5.49. The van der Waals surface area contributed by atoms with E-state index in [0.717, 1.165) is 25.2 Å². The van der Waals surface area contributed by atoms with Gasteiger partial charge in [-0.25, -0.2) is 0 Å². The van der Waals surface area contributed by atoms with Crippen LogP contribution >= 0.6 is 0 Å². The van der Waals surface area contributed by atoms with Crippen molar-refractivity contribution < 1.29 is 14.3 Å². The Hall–Kier alpha value is -2.26. The van der Waals surface area contributed by atoms with Crippen molar-refractivity contribution in [3.8, 4) is 17.6 Å². The summed E-state index contributed by atoms with van der Waals surface area (Å²) in [4.78, 5) is 13.7. The van der Waals surface area contributed by atoms with Gasteiger partial charge in [-0.3, -0.25) is 9.69 Å². The maximum Gasteiger partial charge on any atom is 0.234 e. The lowest BCUT2D eigenvalue weighted by atomic mass is 10.2. The number of likely N-dealkylation sites (tertiary alicyclic amines) is 1. The Morgan fingerprint density at radius 2 is 2.13 bits per heavy atom. The van der Waals surface area contributed by atoms with E-state index in [1.54, 1.807) is 7.11 Å². The summed E-state index contributed by atoms with van der Waals surface area (Å²) in [5, 5.41) is 11.1. The summed E-state index contributed by atoms with van der Waals surface area (Å²) in [6.07, 6.45) is 2.42. The average Bonchev–Trinajstić information content (AvgIpc) is 3.07. The molecule has 1 aliphatic heterocycles. The number of methoxy groups -OCH3 is 1. The van der Waals surface area contributed by atoms with Crippen LogP contribution in [0, 0.1) is 11.3 Å². The fourth-order valence-corrected chi connectivity index (χ4v) is 2.57. The van der Waals surface area contributed by atoms with Gasteiger partial charge in [0.15, 0.2) is 11.5 Å². The third kappa shape index (κ3) is 5.46. The second kappa shape index (κ2) is 9.01. The van der Waals surface area contributed by atoms with Crippen LogP contribution in [0.4, 0.5) is 0 Å². The molecule has 0 aromatic heterocycles. The van der Waals surface area contributed by atoms with Crippen molar-refractivity contribution in [2.75, 3.05) is 33.4 Å². The third-order valence-corrected chi connectivity index (χ3v) is 3.82. The molecule has 6 nitrogen and oxygen atoms in total. The van der Waals surface area contributed by atoms with E-state index in [2.05, 4.69) is 10.2 Å². The SMILES string of the molecule is COc1cc(CNC(=O)CC#N)ccc1OCCN1CCCC1. The van der Waals surface area contributed by atoms with Gasteiger partial charge in [-0.1, -0.05) is 6.07 Å². The molecule has 124 valence electrons. The molecule has 0 bridgehead atoms. The number of hydrogen-bond donors (Lipinski definition) is 1. The number of amides is 1. The highest BCUT2D eigenvalue weighted by molar-refractivity contribution is 5.77. The molecule has 1 heterocycles. The molecule has 2 rings (SSSR count). The van der Waals surface area contributed by atoms with Gasteiger partial charge in [-0.15, -0.1) is 0 Å². The molecule has 23 heavy (non-hydrogen) atoms. The van der Waals surface area contributed by atoms with E-state index >= 15 is 0 Å². The first-order valence-corrected chi connectivity index (χ1v) is 7.88. The van der Waals surface area contributed by atoms with Crippen molar-refractivity contribution in [3.05, 3.63) is 23.8 Å². The second-order valence-electron chi connectivity index (χ2n) is 5.49. The Balaban J connectivity index is 1.85. The van der Waals surface area contributed by atoms with Gasteiger partial charge in [0, 0.05) is 13.1 Å². The molecule has 0 spiro atoms. The first-order chi connectivity index (χ1) is 11.2. The van der Waals surface area contributed by atoms with Crippen LogP contribution in [-0.4, -0.2) is 44.2 Å². The summed E-state index contributed by atoms with van der Waals surface area (Å²) >= 11 is 0. The fourth-order valence-electron chi connectivity index (χ4n) is 2.57. The number of nitrogens with one attached hydrogen (secondary N) is 1. The molecule has 1 aromatic rings. The zero-order chi connectivity index (χ0) is 16.5. The maximum atomic E-state index is 11.3. The van der Waals surface area contributed by atoms with Crippen molar-refractivity contribution in [3.63, 3.8) is 0 Å². The molecule has 1 fully saturated rings. The normalized spacial score (nSPS) is 14.3. The maximum absolute atomic E-state index is 11.3. The van der Waals surface area contributed by atoms with E-state index in [-0.39, 0.29) is 12.3 Å². The van der Waals surface area contributed by atoms with E-state index in [1.165, 1.54) is 12.8 Å². The van der Waals surface area contributed by atoms with Gasteiger partial charge in [0.2, 0.25) is 5.91 Å². The van der Waals surface area contributed by atoms with Crippen LogP contribution in [0.25, 0.3) is 0 Å². The van der Waals surface area contributed by atoms with Crippen LogP contribution in [0.15, 0.2) is 18.2 Å². The number of carbonyl (C=O) groups excluding carboxylic acids is 1. The molecule has 1 amide bonds. The number of rotatable bonds is 8. The largest absolute Gasteiger partial charge is 0.493 e. The molecule has 1 N–H and O–H groups in total. The predicted molar refractivity (Wildman–Crippen MR) is 86.2 cm³/mol. The molecule has 0 unspecified atom stereocenters. The number of carbonyl (C=O) groups is 1. The first kappa shape index (κ1) is 17.1. The zero-order valence-electron chi connectivity index (χ0n) is 13.5. The van der Waals surface area contributed by atoms with Gasteiger partial charge < -0.3 is 14.8 Å². The molecule has 1 aromatic carbocycles. The van der Waals surface area contributed by atoms with Gasteiger partial charge in [0.05, 0.1) is 13.2 Å².